The number of nitrogens with zero attached hydrogens (tertiary/aromatic N) is 1. The maximum atomic E-state index is 12.5. The number of thiazole rings is 1. The zero-order valence-corrected chi connectivity index (χ0v) is 14.9. The molecule has 5 rings (SSSR count). The van der Waals surface area contributed by atoms with Gasteiger partial charge in [-0.15, -0.1) is 11.3 Å². The maximum Gasteiger partial charge on any atom is 0.256 e. The summed E-state index contributed by atoms with van der Waals surface area (Å²) in [5.74, 6) is 2.01. The topological polar surface area (TPSA) is 69.7 Å². The lowest BCUT2D eigenvalue weighted by Crippen LogP contribution is -2.21. The molecule has 0 aliphatic carbocycles. The molecule has 2 aliphatic rings. The van der Waals surface area contributed by atoms with Crippen LogP contribution in [0.15, 0.2) is 53.4 Å². The molecule has 3 heterocycles. The molecule has 0 saturated carbocycles. The molecule has 0 unspecified atom stereocenters. The van der Waals surface area contributed by atoms with Gasteiger partial charge in [0.05, 0.1) is 11.3 Å². The third-order valence-electron chi connectivity index (χ3n) is 4.32. The van der Waals surface area contributed by atoms with Gasteiger partial charge in [0, 0.05) is 16.5 Å². The summed E-state index contributed by atoms with van der Waals surface area (Å²) in [5, 5.41) is 5.28. The Morgan fingerprint density at radius 1 is 1.04 bits per heavy atom. The van der Waals surface area contributed by atoms with E-state index in [0.717, 1.165) is 28.3 Å². The molecule has 1 N–H and O–H groups in total. The van der Waals surface area contributed by atoms with Crippen molar-refractivity contribution in [2.45, 2.75) is 0 Å². The number of hydrogen-bond donors (Lipinski definition) is 1. The van der Waals surface area contributed by atoms with Gasteiger partial charge in [-0.3, -0.25) is 10.1 Å². The minimum Gasteiger partial charge on any atom is -0.488 e. The average molecular weight is 378 g/mol. The van der Waals surface area contributed by atoms with Crippen LogP contribution < -0.4 is 19.5 Å². The van der Waals surface area contributed by atoms with Gasteiger partial charge >= 0.3 is 0 Å². The van der Waals surface area contributed by atoms with Crippen molar-refractivity contribution < 1.29 is 19.0 Å². The molecule has 2 aromatic carbocycles. The number of hydrogen-bond acceptors (Lipinski definition) is 6. The third kappa shape index (κ3) is 3.02. The van der Waals surface area contributed by atoms with Crippen molar-refractivity contribution in [3.05, 3.63) is 59.0 Å². The summed E-state index contributed by atoms with van der Waals surface area (Å²) in [6.07, 6.45) is 1.85. The monoisotopic (exact) mass is 378 g/mol. The minimum absolute atomic E-state index is 0.212. The van der Waals surface area contributed by atoms with Crippen molar-refractivity contribution in [1.82, 2.24) is 4.98 Å². The second kappa shape index (κ2) is 6.44. The van der Waals surface area contributed by atoms with Crippen molar-refractivity contribution in [2.75, 3.05) is 18.7 Å². The number of amides is 1. The Morgan fingerprint density at radius 3 is 2.89 bits per heavy atom. The summed E-state index contributed by atoms with van der Waals surface area (Å²) >= 11 is 1.37. The Hall–Kier alpha value is -3.32. The molecule has 1 amide bonds. The van der Waals surface area contributed by atoms with Crippen molar-refractivity contribution in [3.63, 3.8) is 0 Å². The van der Waals surface area contributed by atoms with Crippen LogP contribution in [-0.4, -0.2) is 24.3 Å². The molecule has 134 valence electrons. The first-order chi connectivity index (χ1) is 13.3. The summed E-state index contributed by atoms with van der Waals surface area (Å²) in [4.78, 5) is 17.1. The molecule has 3 aromatic rings. The molecule has 0 radical (unpaired) electrons. The SMILES string of the molecule is O=C(Nc1nc(-c2ccc3c(c2)OCO3)cs1)C1=Cc2ccccc2OC1. The average Bonchev–Trinajstić information content (AvgIpc) is 3.36. The fraction of sp³-hybridized carbons (Fsp3) is 0.100. The van der Waals surface area contributed by atoms with E-state index >= 15 is 0 Å². The fourth-order valence-corrected chi connectivity index (χ4v) is 3.66. The fourth-order valence-electron chi connectivity index (χ4n) is 2.94. The number of aromatic nitrogens is 1. The number of para-hydroxylation sites is 1. The van der Waals surface area contributed by atoms with E-state index in [1.165, 1.54) is 11.3 Å². The molecule has 1 aromatic heterocycles. The van der Waals surface area contributed by atoms with Gasteiger partial charge in [0.25, 0.3) is 5.91 Å². The molecule has 7 heteroatoms. The molecular formula is C20H14N2O4S. The van der Waals surface area contributed by atoms with Gasteiger partial charge < -0.3 is 14.2 Å². The number of anilines is 1. The molecule has 0 saturated heterocycles. The molecule has 27 heavy (non-hydrogen) atoms. The quantitative estimate of drug-likeness (QED) is 0.747. The Bertz CT molecular complexity index is 1070. The van der Waals surface area contributed by atoms with Gasteiger partial charge in [0.1, 0.15) is 12.4 Å². The summed E-state index contributed by atoms with van der Waals surface area (Å²) < 4.78 is 16.4. The largest absolute Gasteiger partial charge is 0.488 e. The standard InChI is InChI=1S/C20H14N2O4S/c23-19(14-7-13-3-1-2-4-16(13)24-9-14)22-20-21-15(10-27-20)12-5-6-17-18(8-12)26-11-25-17/h1-8,10H,9,11H2,(H,21,22,23). The van der Waals surface area contributed by atoms with Crippen LogP contribution >= 0.6 is 11.3 Å². The first-order valence-corrected chi connectivity index (χ1v) is 9.23. The maximum absolute atomic E-state index is 12.5. The van der Waals surface area contributed by atoms with Crippen LogP contribution in [0.2, 0.25) is 0 Å². The highest BCUT2D eigenvalue weighted by Gasteiger charge is 2.19. The van der Waals surface area contributed by atoms with Crippen molar-refractivity contribution in [3.8, 4) is 28.5 Å². The smallest absolute Gasteiger partial charge is 0.256 e. The van der Waals surface area contributed by atoms with Crippen molar-refractivity contribution in [2.24, 2.45) is 0 Å². The second-order valence-electron chi connectivity index (χ2n) is 6.06. The first kappa shape index (κ1) is 15.9. The lowest BCUT2D eigenvalue weighted by atomic mass is 10.1. The molecule has 6 nitrogen and oxygen atoms in total. The van der Waals surface area contributed by atoms with Crippen LogP contribution in [0, 0.1) is 0 Å². The molecule has 0 bridgehead atoms. The van der Waals surface area contributed by atoms with E-state index in [2.05, 4.69) is 10.3 Å². The van der Waals surface area contributed by atoms with Gasteiger partial charge in [0.15, 0.2) is 16.6 Å². The summed E-state index contributed by atoms with van der Waals surface area (Å²) in [6, 6.07) is 13.3. The lowest BCUT2D eigenvalue weighted by molar-refractivity contribution is -0.113. The predicted octanol–water partition coefficient (Wildman–Crippen LogP) is 3.95. The van der Waals surface area contributed by atoms with Crippen LogP contribution in [0.4, 0.5) is 5.13 Å². The van der Waals surface area contributed by atoms with Crippen molar-refractivity contribution >= 4 is 28.5 Å². The highest BCUT2D eigenvalue weighted by molar-refractivity contribution is 7.14. The summed E-state index contributed by atoms with van der Waals surface area (Å²) in [6.45, 7) is 0.473. The van der Waals surface area contributed by atoms with Crippen LogP contribution in [0.5, 0.6) is 17.2 Å². The second-order valence-corrected chi connectivity index (χ2v) is 6.91. The molecular weight excluding hydrogens is 364 g/mol. The first-order valence-electron chi connectivity index (χ1n) is 8.35. The van der Waals surface area contributed by atoms with Gasteiger partial charge in [-0.05, 0) is 30.3 Å². The Labute approximate surface area is 159 Å². The summed E-state index contributed by atoms with van der Waals surface area (Å²) in [5.41, 5.74) is 3.14. The van der Waals surface area contributed by atoms with E-state index in [1.807, 2.05) is 53.9 Å². The molecule has 2 aliphatic heterocycles. The molecule has 0 fully saturated rings. The number of ether oxygens (including phenoxy) is 3. The molecule has 0 spiro atoms. The number of nitrogens with one attached hydrogen (secondary N) is 1. The van der Waals surface area contributed by atoms with E-state index in [1.54, 1.807) is 0 Å². The van der Waals surface area contributed by atoms with Crippen LogP contribution in [-0.2, 0) is 4.79 Å². The summed E-state index contributed by atoms with van der Waals surface area (Å²) in [7, 11) is 0. The zero-order chi connectivity index (χ0) is 18.2. The van der Waals surface area contributed by atoms with Crippen LogP contribution in [0.3, 0.4) is 0 Å². The van der Waals surface area contributed by atoms with E-state index in [-0.39, 0.29) is 19.3 Å². The number of carbonyl (C=O) groups is 1. The van der Waals surface area contributed by atoms with E-state index in [9.17, 15) is 4.79 Å². The minimum atomic E-state index is -0.212. The van der Waals surface area contributed by atoms with E-state index in [0.29, 0.717) is 16.5 Å². The van der Waals surface area contributed by atoms with Gasteiger partial charge in [-0.1, -0.05) is 18.2 Å². The van der Waals surface area contributed by atoms with Gasteiger partial charge in [-0.2, -0.15) is 0 Å². The number of benzene rings is 2. The highest BCUT2D eigenvalue weighted by Crippen LogP contribution is 2.36. The number of carbonyl (C=O) groups excluding carboxylic acids is 1. The number of fused-ring (bicyclic) bond motifs is 2. The van der Waals surface area contributed by atoms with Crippen LogP contribution in [0.25, 0.3) is 17.3 Å². The zero-order valence-electron chi connectivity index (χ0n) is 14.1. The van der Waals surface area contributed by atoms with Gasteiger partial charge in [0.2, 0.25) is 6.79 Å². The normalized spacial score (nSPS) is 14.1. The predicted molar refractivity (Wildman–Crippen MR) is 102 cm³/mol. The third-order valence-corrected chi connectivity index (χ3v) is 5.07. The Kier molecular flexibility index (Phi) is 3.79. The Morgan fingerprint density at radius 2 is 1.93 bits per heavy atom. The van der Waals surface area contributed by atoms with Gasteiger partial charge in [-0.25, -0.2) is 4.98 Å². The van der Waals surface area contributed by atoms with Crippen LogP contribution in [0.1, 0.15) is 5.56 Å². The van der Waals surface area contributed by atoms with E-state index < -0.39 is 0 Å². The Balaban J connectivity index is 1.34. The lowest BCUT2D eigenvalue weighted by Gasteiger charge is -2.16. The van der Waals surface area contributed by atoms with E-state index in [4.69, 9.17) is 14.2 Å². The molecule has 0 atom stereocenters. The highest BCUT2D eigenvalue weighted by atomic mass is 32.1. The number of rotatable bonds is 3. The van der Waals surface area contributed by atoms with Crippen molar-refractivity contribution in [1.29, 1.82) is 0 Å².